The Hall–Kier alpha value is -2.37. The first-order valence-electron chi connectivity index (χ1n) is 6.42. The third-order valence-corrected chi connectivity index (χ3v) is 2.72. The fourth-order valence-electron chi connectivity index (χ4n) is 1.79. The normalized spacial score (nSPS) is 10.3. The Morgan fingerprint density at radius 3 is 2.95 bits per heavy atom. The average molecular weight is 276 g/mol. The lowest BCUT2D eigenvalue weighted by atomic mass is 10.1. The van der Waals surface area contributed by atoms with Crippen LogP contribution in [0.4, 0.5) is 15.9 Å². The van der Waals surface area contributed by atoms with Gasteiger partial charge in [0.2, 0.25) is 5.88 Å². The van der Waals surface area contributed by atoms with Crippen LogP contribution in [-0.2, 0) is 6.42 Å². The van der Waals surface area contributed by atoms with Gasteiger partial charge in [-0.25, -0.2) is 9.37 Å². The fourth-order valence-corrected chi connectivity index (χ4v) is 1.79. The second-order valence-corrected chi connectivity index (χ2v) is 4.18. The van der Waals surface area contributed by atoms with Crippen LogP contribution in [-0.4, -0.2) is 23.1 Å². The van der Waals surface area contributed by atoms with Crippen LogP contribution >= 0.6 is 0 Å². The number of nitrogen functional groups attached to an aromatic ring is 1. The van der Waals surface area contributed by atoms with Gasteiger partial charge in [0.1, 0.15) is 17.8 Å². The Labute approximate surface area is 117 Å². The third kappa shape index (κ3) is 3.57. The summed E-state index contributed by atoms with van der Waals surface area (Å²) in [5, 5.41) is 3.10. The van der Waals surface area contributed by atoms with E-state index in [1.807, 2.05) is 13.0 Å². The molecule has 0 aliphatic carbocycles. The molecule has 0 atom stereocenters. The zero-order chi connectivity index (χ0) is 14.4. The van der Waals surface area contributed by atoms with Gasteiger partial charge in [-0.3, -0.25) is 0 Å². The van der Waals surface area contributed by atoms with E-state index in [1.165, 1.54) is 18.5 Å². The number of anilines is 2. The summed E-state index contributed by atoms with van der Waals surface area (Å²) < 4.78 is 18.3. The fraction of sp³-hybridized carbons (Fsp3) is 0.286. The van der Waals surface area contributed by atoms with E-state index in [0.717, 1.165) is 5.56 Å². The lowest BCUT2D eigenvalue weighted by Gasteiger charge is -2.11. The van der Waals surface area contributed by atoms with Crippen LogP contribution in [0.5, 0.6) is 5.88 Å². The van der Waals surface area contributed by atoms with Crippen molar-refractivity contribution in [2.75, 3.05) is 24.2 Å². The predicted octanol–water partition coefficient (Wildman–Crippen LogP) is 2.25. The largest absolute Gasteiger partial charge is 0.476 e. The molecule has 0 unspecified atom stereocenters. The monoisotopic (exact) mass is 276 g/mol. The van der Waals surface area contributed by atoms with Gasteiger partial charge in [0.15, 0.2) is 5.82 Å². The Kier molecular flexibility index (Phi) is 4.70. The minimum Gasteiger partial charge on any atom is -0.476 e. The number of benzene rings is 1. The van der Waals surface area contributed by atoms with E-state index < -0.39 is 0 Å². The molecule has 1 heterocycles. The zero-order valence-corrected chi connectivity index (χ0v) is 11.3. The molecule has 0 fully saturated rings. The molecule has 0 amide bonds. The number of halogens is 1. The van der Waals surface area contributed by atoms with Gasteiger partial charge in [-0.15, -0.1) is 0 Å². The van der Waals surface area contributed by atoms with Crippen LogP contribution in [0.3, 0.4) is 0 Å². The SMILES string of the molecule is CCOc1ncnc(NCCc2cccc(F)c2)c1N. The lowest BCUT2D eigenvalue weighted by Crippen LogP contribution is -2.10. The summed E-state index contributed by atoms with van der Waals surface area (Å²) in [6.45, 7) is 2.94. The van der Waals surface area contributed by atoms with Crippen LogP contribution in [0.15, 0.2) is 30.6 Å². The number of aromatic nitrogens is 2. The summed E-state index contributed by atoms with van der Waals surface area (Å²) in [7, 11) is 0. The molecule has 0 aliphatic rings. The molecule has 1 aromatic carbocycles. The molecule has 3 N–H and O–H groups in total. The van der Waals surface area contributed by atoms with Crippen molar-refractivity contribution in [1.82, 2.24) is 9.97 Å². The standard InChI is InChI=1S/C14H17FN4O/c1-2-20-14-12(16)13(18-9-19-14)17-7-6-10-4-3-5-11(15)8-10/h3-5,8-9H,2,6-7,16H2,1H3,(H,17,18,19). The number of nitrogens with zero attached hydrogens (tertiary/aromatic N) is 2. The zero-order valence-electron chi connectivity index (χ0n) is 11.3. The quantitative estimate of drug-likeness (QED) is 0.846. The summed E-state index contributed by atoms with van der Waals surface area (Å²) in [5.74, 6) is 0.665. The molecular formula is C14H17FN4O. The second kappa shape index (κ2) is 6.70. The molecule has 5 nitrogen and oxygen atoms in total. The number of nitrogens with one attached hydrogen (secondary N) is 1. The van der Waals surface area contributed by atoms with Crippen molar-refractivity contribution in [3.63, 3.8) is 0 Å². The highest BCUT2D eigenvalue weighted by Gasteiger charge is 2.08. The van der Waals surface area contributed by atoms with Gasteiger partial charge in [0.05, 0.1) is 6.61 Å². The van der Waals surface area contributed by atoms with Crippen molar-refractivity contribution >= 4 is 11.5 Å². The van der Waals surface area contributed by atoms with Gasteiger partial charge < -0.3 is 15.8 Å². The molecule has 0 spiro atoms. The first-order valence-corrected chi connectivity index (χ1v) is 6.42. The molecule has 0 aliphatic heterocycles. The molecule has 6 heteroatoms. The third-order valence-electron chi connectivity index (χ3n) is 2.72. The minimum absolute atomic E-state index is 0.234. The van der Waals surface area contributed by atoms with Crippen LogP contribution < -0.4 is 15.8 Å². The maximum Gasteiger partial charge on any atom is 0.242 e. The molecule has 20 heavy (non-hydrogen) atoms. The molecule has 0 saturated carbocycles. The molecule has 0 radical (unpaired) electrons. The number of nitrogens with two attached hydrogens (primary N) is 1. The van der Waals surface area contributed by atoms with Crippen molar-refractivity contribution in [2.45, 2.75) is 13.3 Å². The second-order valence-electron chi connectivity index (χ2n) is 4.18. The first-order chi connectivity index (χ1) is 9.70. The Bertz CT molecular complexity index is 577. The Morgan fingerprint density at radius 1 is 1.35 bits per heavy atom. The van der Waals surface area contributed by atoms with E-state index in [0.29, 0.717) is 37.0 Å². The van der Waals surface area contributed by atoms with Gasteiger partial charge in [-0.1, -0.05) is 12.1 Å². The van der Waals surface area contributed by atoms with Crippen molar-refractivity contribution in [1.29, 1.82) is 0 Å². The molecule has 0 bridgehead atoms. The van der Waals surface area contributed by atoms with Crippen LogP contribution in [0.25, 0.3) is 0 Å². The van der Waals surface area contributed by atoms with Gasteiger partial charge in [0, 0.05) is 6.54 Å². The molecular weight excluding hydrogens is 259 g/mol. The molecule has 2 aromatic rings. The molecule has 2 rings (SSSR count). The van der Waals surface area contributed by atoms with Crippen molar-refractivity contribution < 1.29 is 9.13 Å². The predicted molar refractivity (Wildman–Crippen MR) is 76.2 cm³/mol. The Balaban J connectivity index is 1.96. The number of hydrogen-bond donors (Lipinski definition) is 2. The Morgan fingerprint density at radius 2 is 2.20 bits per heavy atom. The van der Waals surface area contributed by atoms with E-state index >= 15 is 0 Å². The molecule has 106 valence electrons. The highest BCUT2D eigenvalue weighted by molar-refractivity contribution is 5.66. The van der Waals surface area contributed by atoms with Gasteiger partial charge in [-0.05, 0) is 31.0 Å². The van der Waals surface area contributed by atoms with Gasteiger partial charge in [-0.2, -0.15) is 4.98 Å². The highest BCUT2D eigenvalue weighted by Crippen LogP contribution is 2.24. The van der Waals surface area contributed by atoms with Crippen molar-refractivity contribution in [3.05, 3.63) is 42.0 Å². The van der Waals surface area contributed by atoms with E-state index in [2.05, 4.69) is 15.3 Å². The lowest BCUT2D eigenvalue weighted by molar-refractivity contribution is 0.328. The molecule has 1 aromatic heterocycles. The van der Waals surface area contributed by atoms with Crippen LogP contribution in [0.1, 0.15) is 12.5 Å². The number of rotatable bonds is 6. The number of hydrogen-bond acceptors (Lipinski definition) is 5. The smallest absolute Gasteiger partial charge is 0.242 e. The summed E-state index contributed by atoms with van der Waals surface area (Å²) in [4.78, 5) is 8.03. The van der Waals surface area contributed by atoms with E-state index in [4.69, 9.17) is 10.5 Å². The van der Waals surface area contributed by atoms with Crippen molar-refractivity contribution in [3.8, 4) is 5.88 Å². The van der Waals surface area contributed by atoms with Gasteiger partial charge >= 0.3 is 0 Å². The first kappa shape index (κ1) is 14.0. The van der Waals surface area contributed by atoms with Crippen LogP contribution in [0.2, 0.25) is 0 Å². The van der Waals surface area contributed by atoms with Crippen LogP contribution in [0, 0.1) is 5.82 Å². The van der Waals surface area contributed by atoms with Crippen molar-refractivity contribution in [2.24, 2.45) is 0 Å². The summed E-state index contributed by atoms with van der Waals surface area (Å²) >= 11 is 0. The average Bonchev–Trinajstić information content (AvgIpc) is 2.43. The summed E-state index contributed by atoms with van der Waals surface area (Å²) in [5.41, 5.74) is 7.20. The highest BCUT2D eigenvalue weighted by atomic mass is 19.1. The maximum atomic E-state index is 13.0. The summed E-state index contributed by atoms with van der Waals surface area (Å²) in [6, 6.07) is 6.50. The van der Waals surface area contributed by atoms with E-state index in [9.17, 15) is 4.39 Å². The molecule has 0 saturated heterocycles. The van der Waals surface area contributed by atoms with E-state index in [-0.39, 0.29) is 5.82 Å². The van der Waals surface area contributed by atoms with Gasteiger partial charge in [0.25, 0.3) is 0 Å². The maximum absolute atomic E-state index is 13.0. The number of ether oxygens (including phenoxy) is 1. The minimum atomic E-state index is -0.234. The topological polar surface area (TPSA) is 73.1 Å². The van der Waals surface area contributed by atoms with E-state index in [1.54, 1.807) is 6.07 Å². The summed E-state index contributed by atoms with van der Waals surface area (Å²) in [6.07, 6.45) is 2.07.